The lowest BCUT2D eigenvalue weighted by atomic mass is 9.89. The zero-order chi connectivity index (χ0) is 11.3. The maximum absolute atomic E-state index is 9.68. The van der Waals surface area contributed by atoms with Crippen LogP contribution >= 0.6 is 0 Å². The number of hydrogen-bond donors (Lipinski definition) is 3. The van der Waals surface area contributed by atoms with E-state index in [1.54, 1.807) is 0 Å². The Hall–Kier alpha value is -0.380. The summed E-state index contributed by atoms with van der Waals surface area (Å²) in [6, 6.07) is 0. The van der Waals surface area contributed by atoms with Gasteiger partial charge in [0.1, 0.15) is 0 Å². The molecule has 0 fully saturated rings. The summed E-state index contributed by atoms with van der Waals surface area (Å²) in [5, 5.41) is 28.4. The fourth-order valence-electron chi connectivity index (χ4n) is 1.47. The van der Waals surface area contributed by atoms with Crippen LogP contribution in [0.15, 0.2) is 12.7 Å². The number of aliphatic hydroxyl groups is 3. The van der Waals surface area contributed by atoms with Gasteiger partial charge in [-0.05, 0) is 18.3 Å². The van der Waals surface area contributed by atoms with Gasteiger partial charge in [0.2, 0.25) is 0 Å². The monoisotopic (exact) mass is 202 g/mol. The van der Waals surface area contributed by atoms with Crippen molar-refractivity contribution in [3.05, 3.63) is 12.7 Å². The summed E-state index contributed by atoms with van der Waals surface area (Å²) in [4.78, 5) is 0. The second kappa shape index (κ2) is 6.17. The average molecular weight is 202 g/mol. The number of hydrogen-bond acceptors (Lipinski definition) is 3. The van der Waals surface area contributed by atoms with Crippen molar-refractivity contribution in [3.63, 3.8) is 0 Å². The molecule has 0 aromatic rings. The summed E-state index contributed by atoms with van der Waals surface area (Å²) >= 11 is 0. The second-order valence-corrected chi connectivity index (χ2v) is 4.24. The van der Waals surface area contributed by atoms with E-state index >= 15 is 0 Å². The van der Waals surface area contributed by atoms with E-state index in [0.717, 1.165) is 0 Å². The molecule has 0 saturated heterocycles. The van der Waals surface area contributed by atoms with Gasteiger partial charge in [-0.2, -0.15) is 0 Å². The average Bonchev–Trinajstić information content (AvgIpc) is 2.14. The molecule has 0 heterocycles. The van der Waals surface area contributed by atoms with Crippen LogP contribution in [0, 0.1) is 11.8 Å². The van der Waals surface area contributed by atoms with E-state index in [4.69, 9.17) is 0 Å². The summed E-state index contributed by atoms with van der Waals surface area (Å²) in [6.07, 6.45) is -0.500. The fourth-order valence-corrected chi connectivity index (χ4v) is 1.47. The minimum absolute atomic E-state index is 0.0281. The van der Waals surface area contributed by atoms with Gasteiger partial charge >= 0.3 is 0 Å². The molecule has 0 aromatic carbocycles. The van der Waals surface area contributed by atoms with E-state index in [0.29, 0.717) is 6.42 Å². The van der Waals surface area contributed by atoms with Crippen molar-refractivity contribution in [2.75, 3.05) is 0 Å². The van der Waals surface area contributed by atoms with E-state index in [1.165, 1.54) is 6.08 Å². The first kappa shape index (κ1) is 13.6. The van der Waals surface area contributed by atoms with E-state index in [9.17, 15) is 15.3 Å². The van der Waals surface area contributed by atoms with Gasteiger partial charge in [0.25, 0.3) is 0 Å². The highest BCUT2D eigenvalue weighted by molar-refractivity contribution is 4.86. The highest BCUT2D eigenvalue weighted by atomic mass is 16.3. The van der Waals surface area contributed by atoms with Gasteiger partial charge in [0.05, 0.1) is 18.3 Å². The van der Waals surface area contributed by atoms with Gasteiger partial charge in [-0.15, -0.1) is 6.58 Å². The first-order valence-corrected chi connectivity index (χ1v) is 5.06. The zero-order valence-electron chi connectivity index (χ0n) is 9.22. The lowest BCUT2D eigenvalue weighted by Crippen LogP contribution is -2.32. The molecule has 0 spiro atoms. The largest absolute Gasteiger partial charge is 0.393 e. The van der Waals surface area contributed by atoms with Gasteiger partial charge in [0, 0.05) is 0 Å². The van der Waals surface area contributed by atoms with Crippen molar-refractivity contribution < 1.29 is 15.3 Å². The molecule has 0 aliphatic heterocycles. The van der Waals surface area contributed by atoms with Crippen molar-refractivity contribution in [1.82, 2.24) is 0 Å². The molecular weight excluding hydrogens is 180 g/mol. The van der Waals surface area contributed by atoms with Crippen LogP contribution in [-0.4, -0.2) is 33.6 Å². The second-order valence-electron chi connectivity index (χ2n) is 4.24. The Balaban J connectivity index is 4.04. The van der Waals surface area contributed by atoms with Gasteiger partial charge in [0.15, 0.2) is 0 Å². The Bertz CT molecular complexity index is 168. The summed E-state index contributed by atoms with van der Waals surface area (Å²) in [7, 11) is 0. The molecular formula is C11H22O3. The molecule has 84 valence electrons. The highest BCUT2D eigenvalue weighted by Gasteiger charge is 2.23. The van der Waals surface area contributed by atoms with Crippen LogP contribution < -0.4 is 0 Å². The van der Waals surface area contributed by atoms with E-state index < -0.39 is 18.3 Å². The molecule has 0 aliphatic carbocycles. The van der Waals surface area contributed by atoms with E-state index in [1.807, 2.05) is 20.8 Å². The van der Waals surface area contributed by atoms with Crippen LogP contribution in [0.2, 0.25) is 0 Å². The first-order valence-electron chi connectivity index (χ1n) is 5.06. The van der Waals surface area contributed by atoms with Crippen molar-refractivity contribution in [1.29, 1.82) is 0 Å². The fraction of sp³-hybridized carbons (Fsp3) is 0.818. The van der Waals surface area contributed by atoms with Gasteiger partial charge in [-0.25, -0.2) is 0 Å². The zero-order valence-corrected chi connectivity index (χ0v) is 9.22. The van der Waals surface area contributed by atoms with Gasteiger partial charge in [-0.1, -0.05) is 26.8 Å². The third-order valence-electron chi connectivity index (χ3n) is 2.52. The Morgan fingerprint density at radius 2 is 1.64 bits per heavy atom. The lowest BCUT2D eigenvalue weighted by molar-refractivity contribution is 0.000324. The van der Waals surface area contributed by atoms with Crippen LogP contribution in [-0.2, 0) is 0 Å². The third kappa shape index (κ3) is 4.22. The highest BCUT2D eigenvalue weighted by Crippen LogP contribution is 2.18. The van der Waals surface area contributed by atoms with E-state index in [2.05, 4.69) is 6.58 Å². The quantitative estimate of drug-likeness (QED) is 0.562. The molecule has 14 heavy (non-hydrogen) atoms. The summed E-state index contributed by atoms with van der Waals surface area (Å²) in [6.45, 7) is 9.12. The maximum atomic E-state index is 9.68. The predicted molar refractivity (Wildman–Crippen MR) is 56.8 cm³/mol. The predicted octanol–water partition coefficient (Wildman–Crippen LogP) is 0.937. The molecule has 3 heteroatoms. The van der Waals surface area contributed by atoms with Crippen molar-refractivity contribution >= 4 is 0 Å². The molecule has 0 unspecified atom stereocenters. The van der Waals surface area contributed by atoms with Crippen LogP contribution in [0.25, 0.3) is 0 Å². The molecule has 0 amide bonds. The Morgan fingerprint density at radius 3 is 2.00 bits per heavy atom. The minimum Gasteiger partial charge on any atom is -0.393 e. The normalized spacial score (nSPS) is 20.2. The minimum atomic E-state index is -0.906. The number of aliphatic hydroxyl groups excluding tert-OH is 3. The molecule has 0 bridgehead atoms. The Morgan fingerprint density at radius 1 is 1.14 bits per heavy atom. The van der Waals surface area contributed by atoms with Crippen LogP contribution in [0.5, 0.6) is 0 Å². The van der Waals surface area contributed by atoms with Crippen molar-refractivity contribution in [2.24, 2.45) is 11.8 Å². The van der Waals surface area contributed by atoms with Crippen LogP contribution in [0.3, 0.4) is 0 Å². The summed E-state index contributed by atoms with van der Waals surface area (Å²) in [5.74, 6) is 0.137. The molecule has 0 rings (SSSR count). The molecule has 0 aliphatic rings. The van der Waals surface area contributed by atoms with Gasteiger partial charge in [-0.3, -0.25) is 0 Å². The third-order valence-corrected chi connectivity index (χ3v) is 2.52. The van der Waals surface area contributed by atoms with Crippen molar-refractivity contribution in [2.45, 2.75) is 45.5 Å². The van der Waals surface area contributed by atoms with Crippen LogP contribution in [0.1, 0.15) is 27.2 Å². The van der Waals surface area contributed by atoms with E-state index in [-0.39, 0.29) is 11.8 Å². The summed E-state index contributed by atoms with van der Waals surface area (Å²) < 4.78 is 0. The van der Waals surface area contributed by atoms with Crippen LogP contribution in [0.4, 0.5) is 0 Å². The maximum Gasteiger partial charge on any atom is 0.0977 e. The SMILES string of the molecule is C=C[C@@H](O)[C@@H](O)C[C@@H](C)[C@@H](O)C(C)C. The Kier molecular flexibility index (Phi) is 6.00. The molecule has 3 N–H and O–H groups in total. The smallest absolute Gasteiger partial charge is 0.0977 e. The topological polar surface area (TPSA) is 60.7 Å². The molecule has 3 nitrogen and oxygen atoms in total. The molecule has 0 radical (unpaired) electrons. The molecule has 0 saturated carbocycles. The van der Waals surface area contributed by atoms with Crippen molar-refractivity contribution in [3.8, 4) is 0 Å². The molecule has 4 atom stereocenters. The summed E-state index contributed by atoms with van der Waals surface area (Å²) in [5.41, 5.74) is 0. The number of rotatable bonds is 6. The Labute approximate surface area is 86.1 Å². The molecule has 0 aromatic heterocycles. The lowest BCUT2D eigenvalue weighted by Gasteiger charge is -2.25. The van der Waals surface area contributed by atoms with Gasteiger partial charge < -0.3 is 15.3 Å². The first-order chi connectivity index (χ1) is 6.40. The standard InChI is InChI=1S/C11H22O3/c1-5-9(12)10(13)6-8(4)11(14)7(2)3/h5,7-14H,1,6H2,2-4H3/t8-,9-,10+,11+/m1/s1.